The third-order valence-corrected chi connectivity index (χ3v) is 4.42. The van der Waals surface area contributed by atoms with E-state index in [2.05, 4.69) is 31.2 Å². The van der Waals surface area contributed by atoms with Crippen LogP contribution in [-0.2, 0) is 0 Å². The summed E-state index contributed by atoms with van der Waals surface area (Å²) < 4.78 is 1.02. The van der Waals surface area contributed by atoms with Crippen LogP contribution in [0.5, 0.6) is 0 Å². The highest BCUT2D eigenvalue weighted by Gasteiger charge is 2.18. The van der Waals surface area contributed by atoms with E-state index in [0.29, 0.717) is 11.5 Å². The van der Waals surface area contributed by atoms with E-state index in [1.54, 1.807) is 6.07 Å². The molecule has 0 spiro atoms. The lowest BCUT2D eigenvalue weighted by Crippen LogP contribution is -2.32. The SMILES string of the molecule is O=C(c1cc(Nc2ccc(Br)cc2)ncn1)N1CCCCCC1. The number of carbonyl (C=O) groups excluding carboxylic acids is 1. The summed E-state index contributed by atoms with van der Waals surface area (Å²) in [4.78, 5) is 22.9. The number of aromatic nitrogens is 2. The zero-order chi connectivity index (χ0) is 16.1. The van der Waals surface area contributed by atoms with Gasteiger partial charge in [-0.15, -0.1) is 0 Å². The molecule has 3 rings (SSSR count). The Morgan fingerprint density at radius 3 is 2.43 bits per heavy atom. The molecule has 0 saturated carbocycles. The highest BCUT2D eigenvalue weighted by atomic mass is 79.9. The Morgan fingerprint density at radius 2 is 1.74 bits per heavy atom. The van der Waals surface area contributed by atoms with Gasteiger partial charge in [0.15, 0.2) is 0 Å². The van der Waals surface area contributed by atoms with Crippen LogP contribution in [0.1, 0.15) is 36.2 Å². The molecule has 1 amide bonds. The predicted octanol–water partition coefficient (Wildman–Crippen LogP) is 4.00. The molecule has 1 saturated heterocycles. The lowest BCUT2D eigenvalue weighted by molar-refractivity contribution is 0.0755. The quantitative estimate of drug-likeness (QED) is 0.881. The van der Waals surface area contributed by atoms with Gasteiger partial charge in [-0.05, 0) is 37.1 Å². The van der Waals surface area contributed by atoms with Crippen LogP contribution in [0.3, 0.4) is 0 Å². The fraction of sp³-hybridized carbons (Fsp3) is 0.353. The van der Waals surface area contributed by atoms with Gasteiger partial charge in [0.2, 0.25) is 0 Å². The van der Waals surface area contributed by atoms with Crippen LogP contribution in [0, 0.1) is 0 Å². The van der Waals surface area contributed by atoms with Crippen molar-refractivity contribution < 1.29 is 4.79 Å². The summed E-state index contributed by atoms with van der Waals surface area (Å²) in [6, 6.07) is 9.51. The maximum Gasteiger partial charge on any atom is 0.272 e. The van der Waals surface area contributed by atoms with Crippen molar-refractivity contribution in [2.45, 2.75) is 25.7 Å². The Labute approximate surface area is 144 Å². The van der Waals surface area contributed by atoms with Crippen LogP contribution in [0.15, 0.2) is 41.1 Å². The van der Waals surface area contributed by atoms with E-state index >= 15 is 0 Å². The Kier molecular flexibility index (Phi) is 5.23. The Balaban J connectivity index is 1.73. The lowest BCUT2D eigenvalue weighted by Gasteiger charge is -2.19. The maximum absolute atomic E-state index is 12.6. The lowest BCUT2D eigenvalue weighted by atomic mass is 10.2. The number of rotatable bonds is 3. The van der Waals surface area contributed by atoms with Crippen LogP contribution >= 0.6 is 15.9 Å². The first-order valence-electron chi connectivity index (χ1n) is 7.86. The first-order valence-corrected chi connectivity index (χ1v) is 8.65. The molecule has 5 nitrogen and oxygen atoms in total. The molecule has 0 radical (unpaired) electrons. The monoisotopic (exact) mass is 374 g/mol. The molecule has 0 bridgehead atoms. The average Bonchev–Trinajstić information content (AvgIpc) is 2.86. The normalized spacial score (nSPS) is 15.1. The van der Waals surface area contributed by atoms with E-state index in [9.17, 15) is 4.79 Å². The number of amides is 1. The largest absolute Gasteiger partial charge is 0.340 e. The Hall–Kier alpha value is -1.95. The van der Waals surface area contributed by atoms with Gasteiger partial charge >= 0.3 is 0 Å². The van der Waals surface area contributed by atoms with Gasteiger partial charge in [-0.2, -0.15) is 0 Å². The molecule has 1 aliphatic rings. The van der Waals surface area contributed by atoms with Crippen molar-refractivity contribution in [1.29, 1.82) is 0 Å². The molecule has 6 heteroatoms. The fourth-order valence-corrected chi connectivity index (χ4v) is 2.92. The van der Waals surface area contributed by atoms with Crippen LogP contribution < -0.4 is 5.32 Å². The number of nitrogens with zero attached hydrogens (tertiary/aromatic N) is 3. The van der Waals surface area contributed by atoms with Gasteiger partial charge in [-0.25, -0.2) is 9.97 Å². The second kappa shape index (κ2) is 7.55. The number of likely N-dealkylation sites (tertiary alicyclic amines) is 1. The molecular weight excluding hydrogens is 356 g/mol. The van der Waals surface area contributed by atoms with E-state index in [1.807, 2.05) is 29.2 Å². The van der Waals surface area contributed by atoms with Gasteiger partial charge in [-0.1, -0.05) is 28.8 Å². The van der Waals surface area contributed by atoms with Crippen molar-refractivity contribution in [3.63, 3.8) is 0 Å². The maximum atomic E-state index is 12.6. The minimum Gasteiger partial charge on any atom is -0.340 e. The van der Waals surface area contributed by atoms with Crippen molar-refractivity contribution in [2.24, 2.45) is 0 Å². The minimum absolute atomic E-state index is 0.00634. The standard InChI is InChI=1S/C17H19BrN4O/c18-13-5-7-14(8-6-13)21-16-11-15(19-12-20-16)17(23)22-9-3-1-2-4-10-22/h5-8,11-12H,1-4,9-10H2,(H,19,20,21). The molecule has 2 aromatic rings. The van der Waals surface area contributed by atoms with E-state index in [1.165, 1.54) is 19.2 Å². The Bertz CT molecular complexity index is 667. The van der Waals surface area contributed by atoms with Gasteiger partial charge in [-0.3, -0.25) is 4.79 Å². The van der Waals surface area contributed by atoms with Crippen molar-refractivity contribution in [3.05, 3.63) is 46.8 Å². The molecular formula is C17H19BrN4O. The highest BCUT2D eigenvalue weighted by Crippen LogP contribution is 2.19. The van der Waals surface area contributed by atoms with Gasteiger partial charge < -0.3 is 10.2 Å². The number of halogens is 1. The average molecular weight is 375 g/mol. The molecule has 120 valence electrons. The first-order chi connectivity index (χ1) is 11.2. The van der Waals surface area contributed by atoms with Crippen molar-refractivity contribution >= 4 is 33.3 Å². The molecule has 0 unspecified atom stereocenters. The molecule has 0 atom stereocenters. The van der Waals surface area contributed by atoms with Crippen molar-refractivity contribution in [1.82, 2.24) is 14.9 Å². The molecule has 0 aliphatic carbocycles. The molecule has 1 aromatic carbocycles. The molecule has 1 aromatic heterocycles. The van der Waals surface area contributed by atoms with Gasteiger partial charge in [0.05, 0.1) is 0 Å². The van der Waals surface area contributed by atoms with Crippen LogP contribution in [-0.4, -0.2) is 33.9 Å². The molecule has 23 heavy (non-hydrogen) atoms. The fourth-order valence-electron chi connectivity index (χ4n) is 2.66. The molecule has 1 fully saturated rings. The first kappa shape index (κ1) is 15.9. The van der Waals surface area contributed by atoms with Crippen LogP contribution in [0.25, 0.3) is 0 Å². The number of anilines is 2. The number of carbonyl (C=O) groups is 1. The zero-order valence-corrected chi connectivity index (χ0v) is 14.4. The third kappa shape index (κ3) is 4.28. The summed E-state index contributed by atoms with van der Waals surface area (Å²) in [5.41, 5.74) is 1.36. The predicted molar refractivity (Wildman–Crippen MR) is 93.8 cm³/mol. The topological polar surface area (TPSA) is 58.1 Å². The molecule has 1 aliphatic heterocycles. The number of hydrogen-bond acceptors (Lipinski definition) is 4. The zero-order valence-electron chi connectivity index (χ0n) is 12.8. The van der Waals surface area contributed by atoms with E-state index in [4.69, 9.17) is 0 Å². The van der Waals surface area contributed by atoms with E-state index in [-0.39, 0.29) is 5.91 Å². The summed E-state index contributed by atoms with van der Waals surface area (Å²) in [6.45, 7) is 1.64. The summed E-state index contributed by atoms with van der Waals surface area (Å²) in [6.07, 6.45) is 5.97. The van der Waals surface area contributed by atoms with Crippen LogP contribution in [0.4, 0.5) is 11.5 Å². The summed E-state index contributed by atoms with van der Waals surface area (Å²) in [7, 11) is 0. The van der Waals surface area contributed by atoms with E-state index in [0.717, 1.165) is 36.1 Å². The Morgan fingerprint density at radius 1 is 1.04 bits per heavy atom. The second-order valence-corrected chi connectivity index (χ2v) is 6.54. The highest BCUT2D eigenvalue weighted by molar-refractivity contribution is 9.10. The van der Waals surface area contributed by atoms with Crippen molar-refractivity contribution in [2.75, 3.05) is 18.4 Å². The van der Waals surface area contributed by atoms with Gasteiger partial charge in [0.25, 0.3) is 5.91 Å². The summed E-state index contributed by atoms with van der Waals surface area (Å²) >= 11 is 3.41. The van der Waals surface area contributed by atoms with Gasteiger partial charge in [0.1, 0.15) is 17.8 Å². The molecule has 1 N–H and O–H groups in total. The van der Waals surface area contributed by atoms with Crippen molar-refractivity contribution in [3.8, 4) is 0 Å². The smallest absolute Gasteiger partial charge is 0.272 e. The number of nitrogens with one attached hydrogen (secondary N) is 1. The molecule has 2 heterocycles. The van der Waals surface area contributed by atoms with Gasteiger partial charge in [0, 0.05) is 29.3 Å². The van der Waals surface area contributed by atoms with Crippen LogP contribution in [0.2, 0.25) is 0 Å². The third-order valence-electron chi connectivity index (χ3n) is 3.90. The second-order valence-electron chi connectivity index (χ2n) is 5.63. The number of benzene rings is 1. The summed E-state index contributed by atoms with van der Waals surface area (Å²) in [5.74, 6) is 0.619. The van der Waals surface area contributed by atoms with E-state index < -0.39 is 0 Å². The number of hydrogen-bond donors (Lipinski definition) is 1. The summed E-state index contributed by atoms with van der Waals surface area (Å²) in [5, 5.41) is 3.20. The minimum atomic E-state index is -0.00634.